The van der Waals surface area contributed by atoms with Gasteiger partial charge in [0, 0.05) is 12.6 Å². The molecule has 2 N–H and O–H groups in total. The van der Waals surface area contributed by atoms with E-state index >= 15 is 0 Å². The Morgan fingerprint density at radius 3 is 2.60 bits per heavy atom. The summed E-state index contributed by atoms with van der Waals surface area (Å²) in [6.45, 7) is 7.65. The molecule has 1 aromatic heterocycles. The summed E-state index contributed by atoms with van der Waals surface area (Å²) in [4.78, 5) is 0.251. The largest absolute Gasteiger partial charge is 0.464 e. The van der Waals surface area contributed by atoms with Gasteiger partial charge in [0.15, 0.2) is 0 Å². The molecule has 6 heteroatoms. The first-order chi connectivity index (χ1) is 9.51. The van der Waals surface area contributed by atoms with Crippen LogP contribution in [-0.4, -0.2) is 21.5 Å². The van der Waals surface area contributed by atoms with E-state index < -0.39 is 10.0 Å². The maximum atomic E-state index is 12.2. The van der Waals surface area contributed by atoms with Crippen LogP contribution >= 0.6 is 0 Å². The fourth-order valence-corrected chi connectivity index (χ4v) is 3.24. The van der Waals surface area contributed by atoms with Crippen LogP contribution in [0.15, 0.2) is 15.4 Å². The molecule has 0 aliphatic rings. The zero-order chi connectivity index (χ0) is 15.0. The number of hydrogen-bond donors (Lipinski definition) is 2. The Hall–Kier alpha value is -0.850. The van der Waals surface area contributed by atoms with E-state index in [9.17, 15) is 8.42 Å². The molecule has 0 saturated carbocycles. The average Bonchev–Trinajstić information content (AvgIpc) is 2.78. The third kappa shape index (κ3) is 5.26. The van der Waals surface area contributed by atoms with Crippen molar-refractivity contribution >= 4 is 10.0 Å². The monoisotopic (exact) mass is 302 g/mol. The summed E-state index contributed by atoms with van der Waals surface area (Å²) >= 11 is 0. The maximum absolute atomic E-state index is 12.2. The van der Waals surface area contributed by atoms with E-state index in [2.05, 4.69) is 17.0 Å². The van der Waals surface area contributed by atoms with E-state index in [1.807, 2.05) is 6.92 Å². The summed E-state index contributed by atoms with van der Waals surface area (Å²) in [5, 5.41) is 3.11. The van der Waals surface area contributed by atoms with Crippen LogP contribution in [0.5, 0.6) is 0 Å². The molecule has 0 unspecified atom stereocenters. The van der Waals surface area contributed by atoms with Crippen LogP contribution in [0.3, 0.4) is 0 Å². The van der Waals surface area contributed by atoms with Crippen LogP contribution in [0.2, 0.25) is 0 Å². The van der Waals surface area contributed by atoms with Gasteiger partial charge in [-0.25, -0.2) is 13.1 Å². The normalized spacial score (nSPS) is 11.9. The van der Waals surface area contributed by atoms with Gasteiger partial charge >= 0.3 is 0 Å². The van der Waals surface area contributed by atoms with E-state index in [0.29, 0.717) is 24.6 Å². The molecule has 0 bridgehead atoms. The van der Waals surface area contributed by atoms with Gasteiger partial charge in [0.1, 0.15) is 16.4 Å². The van der Waals surface area contributed by atoms with E-state index in [-0.39, 0.29) is 4.90 Å². The molecule has 0 spiro atoms. The zero-order valence-corrected chi connectivity index (χ0v) is 13.5. The van der Waals surface area contributed by atoms with Crippen LogP contribution in [0, 0.1) is 6.92 Å². The summed E-state index contributed by atoms with van der Waals surface area (Å²) in [6.07, 6.45) is 4.20. The van der Waals surface area contributed by atoms with Gasteiger partial charge in [0.05, 0.1) is 6.54 Å². The number of hydrogen-bond acceptors (Lipinski definition) is 4. The molecular weight excluding hydrogens is 276 g/mol. The Kier molecular flexibility index (Phi) is 7.26. The van der Waals surface area contributed by atoms with Crippen LogP contribution < -0.4 is 10.0 Å². The minimum atomic E-state index is -3.45. The fourth-order valence-electron chi connectivity index (χ4n) is 1.96. The van der Waals surface area contributed by atoms with Crippen LogP contribution in [0.4, 0.5) is 0 Å². The molecule has 0 radical (unpaired) electrons. The highest BCUT2D eigenvalue weighted by molar-refractivity contribution is 7.89. The highest BCUT2D eigenvalue weighted by Crippen LogP contribution is 2.19. The predicted molar refractivity (Wildman–Crippen MR) is 80.2 cm³/mol. The average molecular weight is 302 g/mol. The quantitative estimate of drug-likeness (QED) is 0.652. The molecule has 20 heavy (non-hydrogen) atoms. The van der Waals surface area contributed by atoms with Crippen molar-refractivity contribution in [2.45, 2.75) is 57.9 Å². The first kappa shape index (κ1) is 17.2. The van der Waals surface area contributed by atoms with Crippen molar-refractivity contribution in [1.82, 2.24) is 10.0 Å². The van der Waals surface area contributed by atoms with Gasteiger partial charge < -0.3 is 9.73 Å². The molecule has 0 aliphatic carbocycles. The summed E-state index contributed by atoms with van der Waals surface area (Å²) in [7, 11) is -3.45. The molecule has 116 valence electrons. The van der Waals surface area contributed by atoms with Crippen molar-refractivity contribution in [1.29, 1.82) is 0 Å². The second-order valence-electron chi connectivity index (χ2n) is 4.87. The van der Waals surface area contributed by atoms with E-state index in [1.165, 1.54) is 0 Å². The molecule has 0 aromatic carbocycles. The molecule has 0 saturated heterocycles. The second-order valence-corrected chi connectivity index (χ2v) is 6.61. The number of sulfonamides is 1. The summed E-state index contributed by atoms with van der Waals surface area (Å²) in [5.74, 6) is 1.09. The first-order valence-electron chi connectivity index (χ1n) is 7.31. The smallest absolute Gasteiger partial charge is 0.244 e. The molecule has 0 fully saturated rings. The molecule has 1 rings (SSSR count). The first-order valence-corrected chi connectivity index (χ1v) is 8.79. The Balaban J connectivity index is 2.60. The highest BCUT2D eigenvalue weighted by atomic mass is 32.2. The summed E-state index contributed by atoms with van der Waals surface area (Å²) in [6, 6.07) is 1.60. The number of furan rings is 1. The van der Waals surface area contributed by atoms with Gasteiger partial charge in [-0.3, -0.25) is 0 Å². The number of aryl methyl sites for hydroxylation is 1. The van der Waals surface area contributed by atoms with Crippen LogP contribution in [0.25, 0.3) is 0 Å². The molecule has 0 atom stereocenters. The number of unbranched alkanes of at least 4 members (excludes halogenated alkanes) is 3. The van der Waals surface area contributed by atoms with Gasteiger partial charge in [-0.1, -0.05) is 33.1 Å². The van der Waals surface area contributed by atoms with Crippen molar-refractivity contribution in [2.75, 3.05) is 13.1 Å². The number of nitrogens with one attached hydrogen (secondary N) is 2. The lowest BCUT2D eigenvalue weighted by molar-refractivity contribution is 0.460. The fraction of sp³-hybridized carbons (Fsp3) is 0.714. The SMILES string of the molecule is CCCCCCNS(=O)(=O)c1cc(CNCC)oc1C. The van der Waals surface area contributed by atoms with E-state index in [1.54, 1.807) is 13.0 Å². The van der Waals surface area contributed by atoms with Gasteiger partial charge in [0.25, 0.3) is 0 Å². The van der Waals surface area contributed by atoms with Crippen molar-refractivity contribution < 1.29 is 12.8 Å². The topological polar surface area (TPSA) is 71.3 Å². The molecule has 0 aliphatic heterocycles. The standard InChI is InChI=1S/C14H26N2O3S/c1-4-6-7-8-9-16-20(17,18)14-10-13(11-15-5-2)19-12(14)3/h10,15-16H,4-9,11H2,1-3H3. The summed E-state index contributed by atoms with van der Waals surface area (Å²) in [5.41, 5.74) is 0. The van der Waals surface area contributed by atoms with Crippen molar-refractivity contribution in [3.63, 3.8) is 0 Å². The second kappa shape index (κ2) is 8.44. The lowest BCUT2D eigenvalue weighted by Crippen LogP contribution is -2.25. The third-order valence-electron chi connectivity index (χ3n) is 3.08. The van der Waals surface area contributed by atoms with E-state index in [4.69, 9.17) is 4.42 Å². The summed E-state index contributed by atoms with van der Waals surface area (Å²) < 4.78 is 32.5. The molecule has 1 aromatic rings. The van der Waals surface area contributed by atoms with Gasteiger partial charge in [-0.05, 0) is 19.9 Å². The minimum absolute atomic E-state index is 0.251. The zero-order valence-electron chi connectivity index (χ0n) is 12.7. The maximum Gasteiger partial charge on any atom is 0.244 e. The van der Waals surface area contributed by atoms with Gasteiger partial charge in [-0.2, -0.15) is 0 Å². The Morgan fingerprint density at radius 1 is 1.20 bits per heavy atom. The Bertz CT molecular complexity index is 495. The van der Waals surface area contributed by atoms with E-state index in [0.717, 1.165) is 32.2 Å². The van der Waals surface area contributed by atoms with Crippen molar-refractivity contribution in [3.8, 4) is 0 Å². The van der Waals surface area contributed by atoms with Gasteiger partial charge in [-0.15, -0.1) is 0 Å². The van der Waals surface area contributed by atoms with Gasteiger partial charge in [0.2, 0.25) is 10.0 Å². The molecular formula is C14H26N2O3S. The van der Waals surface area contributed by atoms with Crippen molar-refractivity contribution in [2.24, 2.45) is 0 Å². The highest BCUT2D eigenvalue weighted by Gasteiger charge is 2.20. The lowest BCUT2D eigenvalue weighted by Gasteiger charge is -2.05. The molecule has 5 nitrogen and oxygen atoms in total. The van der Waals surface area contributed by atoms with Crippen LogP contribution in [-0.2, 0) is 16.6 Å². The van der Waals surface area contributed by atoms with Crippen molar-refractivity contribution in [3.05, 3.63) is 17.6 Å². The minimum Gasteiger partial charge on any atom is -0.464 e. The Labute approximate surface area is 122 Å². The van der Waals surface area contributed by atoms with Crippen LogP contribution in [0.1, 0.15) is 51.1 Å². The molecule has 1 heterocycles. The predicted octanol–water partition coefficient (Wildman–Crippen LogP) is 2.56. The molecule has 0 amide bonds. The number of rotatable bonds is 10. The Morgan fingerprint density at radius 2 is 1.95 bits per heavy atom. The lowest BCUT2D eigenvalue weighted by atomic mass is 10.2. The third-order valence-corrected chi connectivity index (χ3v) is 4.65.